The highest BCUT2D eigenvalue weighted by molar-refractivity contribution is 5.87. The van der Waals surface area contributed by atoms with Crippen LogP contribution in [0, 0.1) is 5.92 Å². The van der Waals surface area contributed by atoms with Crippen LogP contribution < -0.4 is 0 Å². The summed E-state index contributed by atoms with van der Waals surface area (Å²) in [6, 6.07) is 8.51. The van der Waals surface area contributed by atoms with Gasteiger partial charge in [0, 0.05) is 11.6 Å². The second-order valence-corrected chi connectivity index (χ2v) is 9.00. The lowest BCUT2D eigenvalue weighted by atomic mass is 9.77. The first-order chi connectivity index (χ1) is 15.5. The minimum atomic E-state index is -0.479. The number of carbonyl (C=O) groups is 2. The average Bonchev–Trinajstić information content (AvgIpc) is 2.81. The lowest BCUT2D eigenvalue weighted by Gasteiger charge is -2.29. The molecule has 1 aromatic carbocycles. The first kappa shape index (κ1) is 25.9. The molecular weight excluding hydrogens is 400 g/mol. The fourth-order valence-corrected chi connectivity index (χ4v) is 4.31. The highest BCUT2D eigenvalue weighted by atomic mass is 16.6. The Balaban J connectivity index is 1.67. The van der Waals surface area contributed by atoms with E-state index in [-0.39, 0.29) is 13.2 Å². The molecule has 32 heavy (non-hydrogen) atoms. The van der Waals surface area contributed by atoms with E-state index in [0.717, 1.165) is 11.5 Å². The molecule has 1 aliphatic carbocycles. The van der Waals surface area contributed by atoms with Crippen molar-refractivity contribution in [3.05, 3.63) is 53.6 Å². The number of benzene rings is 1. The van der Waals surface area contributed by atoms with Crippen LogP contribution in [0.2, 0.25) is 0 Å². The van der Waals surface area contributed by atoms with Gasteiger partial charge in [-0.2, -0.15) is 0 Å². The maximum Gasteiger partial charge on any atom is 0.333 e. The molecule has 0 aromatic heterocycles. The molecule has 1 fully saturated rings. The van der Waals surface area contributed by atoms with E-state index < -0.39 is 11.9 Å². The van der Waals surface area contributed by atoms with Crippen LogP contribution in [0.1, 0.15) is 95.1 Å². The molecule has 0 atom stereocenters. The second-order valence-electron chi connectivity index (χ2n) is 9.00. The zero-order valence-corrected chi connectivity index (χ0v) is 19.9. The third kappa shape index (κ3) is 9.84. The molecule has 0 radical (unpaired) electrons. The maximum absolute atomic E-state index is 11.8. The quantitative estimate of drug-likeness (QED) is 0.188. The Bertz CT molecular complexity index is 739. The van der Waals surface area contributed by atoms with Gasteiger partial charge in [0.2, 0.25) is 0 Å². The molecule has 0 spiro atoms. The van der Waals surface area contributed by atoms with Crippen molar-refractivity contribution in [3.8, 4) is 0 Å². The monoisotopic (exact) mass is 440 g/mol. The predicted octanol–water partition coefficient (Wildman–Crippen LogP) is 7.00. The van der Waals surface area contributed by atoms with Gasteiger partial charge in [-0.1, -0.05) is 76.3 Å². The van der Waals surface area contributed by atoms with Gasteiger partial charge in [0.25, 0.3) is 0 Å². The van der Waals surface area contributed by atoms with Crippen molar-refractivity contribution in [2.75, 3.05) is 13.2 Å². The number of hydrogen-bond donors (Lipinski definition) is 0. The van der Waals surface area contributed by atoms with E-state index in [0.29, 0.717) is 11.5 Å². The normalized spacial score (nSPS) is 18.4. The van der Waals surface area contributed by atoms with Gasteiger partial charge in [0.15, 0.2) is 0 Å². The minimum Gasteiger partial charge on any atom is -0.459 e. The van der Waals surface area contributed by atoms with Gasteiger partial charge in [0.1, 0.15) is 13.2 Å². The Morgan fingerprint density at radius 1 is 0.969 bits per heavy atom. The standard InChI is InChI=1S/C28H40O4/c1-4-5-6-7-8-9-23-10-15-25(16-11-23)26-17-12-24(13-18-26)14-19-27(29)31-20-21-32-28(30)22(2)3/h12-14,17-19,23,25H,2,4-11,15-16,20-21H2,1,3H3/b19-14+/t23-,25-. The summed E-state index contributed by atoms with van der Waals surface area (Å²) in [5.74, 6) is 0.655. The summed E-state index contributed by atoms with van der Waals surface area (Å²) in [6.07, 6.45) is 16.8. The predicted molar refractivity (Wildman–Crippen MR) is 130 cm³/mol. The summed E-state index contributed by atoms with van der Waals surface area (Å²) < 4.78 is 9.92. The van der Waals surface area contributed by atoms with Crippen molar-refractivity contribution >= 4 is 18.0 Å². The molecule has 0 saturated heterocycles. The summed E-state index contributed by atoms with van der Waals surface area (Å²) >= 11 is 0. The van der Waals surface area contributed by atoms with Crippen LogP contribution in [0.4, 0.5) is 0 Å². The molecule has 0 unspecified atom stereocenters. The van der Waals surface area contributed by atoms with Crippen LogP contribution in [-0.4, -0.2) is 25.2 Å². The Kier molecular flexibility index (Phi) is 11.9. The van der Waals surface area contributed by atoms with Crippen molar-refractivity contribution < 1.29 is 19.1 Å². The Morgan fingerprint density at radius 2 is 1.62 bits per heavy atom. The van der Waals surface area contributed by atoms with E-state index in [9.17, 15) is 9.59 Å². The lowest BCUT2D eigenvalue weighted by Crippen LogP contribution is -2.13. The maximum atomic E-state index is 11.8. The van der Waals surface area contributed by atoms with Gasteiger partial charge in [-0.3, -0.25) is 0 Å². The van der Waals surface area contributed by atoms with Crippen LogP contribution >= 0.6 is 0 Å². The van der Waals surface area contributed by atoms with Crippen LogP contribution in [0.3, 0.4) is 0 Å². The molecule has 0 heterocycles. The van der Waals surface area contributed by atoms with Crippen LogP contribution in [0.25, 0.3) is 6.08 Å². The summed E-state index contributed by atoms with van der Waals surface area (Å²) in [6.45, 7) is 7.40. The molecule has 176 valence electrons. The molecule has 0 aliphatic heterocycles. The molecule has 1 aromatic rings. The minimum absolute atomic E-state index is 0.0288. The lowest BCUT2D eigenvalue weighted by molar-refractivity contribution is -0.146. The topological polar surface area (TPSA) is 52.6 Å². The smallest absolute Gasteiger partial charge is 0.333 e. The fraction of sp³-hybridized carbons (Fsp3) is 0.571. The summed E-state index contributed by atoms with van der Waals surface area (Å²) in [7, 11) is 0. The molecular formula is C28H40O4. The van der Waals surface area contributed by atoms with E-state index in [1.807, 2.05) is 0 Å². The highest BCUT2D eigenvalue weighted by Gasteiger charge is 2.21. The van der Waals surface area contributed by atoms with Crippen molar-refractivity contribution in [3.63, 3.8) is 0 Å². The molecule has 0 amide bonds. The molecule has 0 N–H and O–H groups in total. The Labute approximate surface area is 194 Å². The number of rotatable bonds is 13. The van der Waals surface area contributed by atoms with Crippen LogP contribution in [0.5, 0.6) is 0 Å². The van der Waals surface area contributed by atoms with E-state index >= 15 is 0 Å². The third-order valence-corrected chi connectivity index (χ3v) is 6.29. The van der Waals surface area contributed by atoms with Crippen molar-refractivity contribution in [1.29, 1.82) is 0 Å². The van der Waals surface area contributed by atoms with E-state index in [4.69, 9.17) is 9.47 Å². The zero-order valence-electron chi connectivity index (χ0n) is 19.9. The SMILES string of the molecule is C=C(C)C(=O)OCCOC(=O)/C=C/c1ccc([C@H]2CC[C@H](CCCCCCC)CC2)cc1. The van der Waals surface area contributed by atoms with Gasteiger partial charge in [-0.25, -0.2) is 9.59 Å². The van der Waals surface area contributed by atoms with Crippen molar-refractivity contribution in [2.24, 2.45) is 5.92 Å². The van der Waals surface area contributed by atoms with E-state index in [2.05, 4.69) is 37.8 Å². The summed E-state index contributed by atoms with van der Waals surface area (Å²) in [5.41, 5.74) is 2.70. The van der Waals surface area contributed by atoms with Crippen LogP contribution in [0.15, 0.2) is 42.5 Å². The van der Waals surface area contributed by atoms with Crippen molar-refractivity contribution in [2.45, 2.75) is 84.0 Å². The van der Waals surface area contributed by atoms with Crippen molar-refractivity contribution in [1.82, 2.24) is 0 Å². The first-order valence-electron chi connectivity index (χ1n) is 12.3. The number of ether oxygens (including phenoxy) is 2. The third-order valence-electron chi connectivity index (χ3n) is 6.29. The number of unbranched alkanes of at least 4 members (excludes halogenated alkanes) is 4. The highest BCUT2D eigenvalue weighted by Crippen LogP contribution is 2.37. The number of hydrogen-bond acceptors (Lipinski definition) is 4. The van der Waals surface area contributed by atoms with Gasteiger partial charge in [0.05, 0.1) is 0 Å². The van der Waals surface area contributed by atoms with Gasteiger partial charge < -0.3 is 9.47 Å². The van der Waals surface area contributed by atoms with Gasteiger partial charge in [-0.15, -0.1) is 0 Å². The zero-order chi connectivity index (χ0) is 23.2. The molecule has 1 aliphatic rings. The van der Waals surface area contributed by atoms with Gasteiger partial charge >= 0.3 is 11.9 Å². The largest absolute Gasteiger partial charge is 0.459 e. The fourth-order valence-electron chi connectivity index (χ4n) is 4.31. The van der Waals surface area contributed by atoms with E-state index in [1.165, 1.54) is 75.8 Å². The summed E-state index contributed by atoms with van der Waals surface area (Å²) in [4.78, 5) is 23.1. The Hall–Kier alpha value is -2.36. The van der Waals surface area contributed by atoms with Gasteiger partial charge in [-0.05, 0) is 61.6 Å². The van der Waals surface area contributed by atoms with Crippen LogP contribution in [-0.2, 0) is 19.1 Å². The Morgan fingerprint density at radius 3 is 2.28 bits per heavy atom. The molecule has 4 nitrogen and oxygen atoms in total. The molecule has 0 bridgehead atoms. The molecule has 1 saturated carbocycles. The second kappa shape index (κ2) is 14.7. The van der Waals surface area contributed by atoms with E-state index in [1.54, 1.807) is 13.0 Å². The molecule has 4 heteroatoms. The average molecular weight is 441 g/mol. The number of esters is 2. The first-order valence-corrected chi connectivity index (χ1v) is 12.3. The number of carbonyl (C=O) groups excluding carboxylic acids is 2. The molecule has 2 rings (SSSR count). The summed E-state index contributed by atoms with van der Waals surface area (Å²) in [5, 5.41) is 0.